The Morgan fingerprint density at radius 3 is 2.50 bits per heavy atom. The van der Waals surface area contributed by atoms with Gasteiger partial charge in [-0.05, 0) is 23.8 Å². The topological polar surface area (TPSA) is 62.4 Å². The minimum atomic E-state index is -0.284. The Morgan fingerprint density at radius 2 is 1.90 bits per heavy atom. The van der Waals surface area contributed by atoms with Gasteiger partial charge in [-0.25, -0.2) is 0 Å². The van der Waals surface area contributed by atoms with Crippen LogP contribution in [0.2, 0.25) is 0 Å². The van der Waals surface area contributed by atoms with Gasteiger partial charge in [0.25, 0.3) is 5.91 Å². The maximum absolute atomic E-state index is 12.2. The first-order valence-electron chi connectivity index (χ1n) is 6.18. The van der Waals surface area contributed by atoms with E-state index in [0.717, 1.165) is 11.3 Å². The van der Waals surface area contributed by atoms with Gasteiger partial charge < -0.3 is 14.6 Å². The molecule has 0 spiro atoms. The smallest absolute Gasteiger partial charge is 0.270 e. The molecule has 2 rings (SSSR count). The molecule has 0 saturated heterocycles. The zero-order valence-corrected chi connectivity index (χ0v) is 11.4. The molecule has 1 aromatic heterocycles. The van der Waals surface area contributed by atoms with Crippen molar-refractivity contribution in [3.8, 4) is 5.75 Å². The third kappa shape index (κ3) is 3.26. The van der Waals surface area contributed by atoms with Crippen molar-refractivity contribution in [3.63, 3.8) is 0 Å². The van der Waals surface area contributed by atoms with E-state index in [4.69, 9.17) is 4.74 Å². The number of carbonyl (C=O) groups excluding carboxylic acids is 1. The van der Waals surface area contributed by atoms with Gasteiger partial charge in [-0.3, -0.25) is 9.59 Å². The molecule has 1 aromatic carbocycles. The van der Waals surface area contributed by atoms with Crippen molar-refractivity contribution < 1.29 is 9.53 Å². The van der Waals surface area contributed by atoms with Crippen LogP contribution in [0.1, 0.15) is 16.1 Å². The average Bonchev–Trinajstić information content (AvgIpc) is 2.47. The summed E-state index contributed by atoms with van der Waals surface area (Å²) in [7, 11) is 3.30. The number of nitrogens with zero attached hydrogens (tertiary/aromatic N) is 1. The number of carbonyl (C=O) groups is 1. The molecule has 1 heterocycles. The first kappa shape index (κ1) is 13.9. The van der Waals surface area contributed by atoms with Gasteiger partial charge in [0.1, 0.15) is 11.4 Å². The van der Waals surface area contributed by atoms with Crippen LogP contribution in [0.15, 0.2) is 47.3 Å². The van der Waals surface area contributed by atoms with Crippen LogP contribution in [0.3, 0.4) is 0 Å². The van der Waals surface area contributed by atoms with Crippen LogP contribution >= 0.6 is 0 Å². The third-order valence-corrected chi connectivity index (χ3v) is 2.92. The van der Waals surface area contributed by atoms with Crippen LogP contribution in [0.4, 0.5) is 0 Å². The number of benzene rings is 1. The largest absolute Gasteiger partial charge is 0.497 e. The lowest BCUT2D eigenvalue weighted by Crippen LogP contribution is -2.28. The first-order chi connectivity index (χ1) is 9.60. The van der Waals surface area contributed by atoms with E-state index in [2.05, 4.69) is 4.98 Å². The summed E-state index contributed by atoms with van der Waals surface area (Å²) < 4.78 is 5.08. The van der Waals surface area contributed by atoms with Gasteiger partial charge in [-0.1, -0.05) is 18.2 Å². The number of pyridine rings is 1. The SMILES string of the molecule is COc1ccc(CN(C)C(=O)c2cccc(=O)[nH]2)cc1. The lowest BCUT2D eigenvalue weighted by atomic mass is 10.2. The summed E-state index contributed by atoms with van der Waals surface area (Å²) in [6, 6.07) is 12.0. The Bertz CT molecular complexity index is 647. The molecule has 5 heteroatoms. The van der Waals surface area contributed by atoms with Crippen molar-refractivity contribution >= 4 is 5.91 Å². The molecule has 0 radical (unpaired) electrons. The number of hydrogen-bond acceptors (Lipinski definition) is 3. The van der Waals surface area contributed by atoms with Crippen LogP contribution in [0.5, 0.6) is 5.75 Å². The molecule has 0 bridgehead atoms. The van der Waals surface area contributed by atoms with E-state index in [-0.39, 0.29) is 17.2 Å². The molecule has 5 nitrogen and oxygen atoms in total. The molecule has 2 aromatic rings. The summed E-state index contributed by atoms with van der Waals surface area (Å²) in [6.07, 6.45) is 0. The molecular formula is C15H16N2O3. The quantitative estimate of drug-likeness (QED) is 0.920. The number of aromatic nitrogens is 1. The fourth-order valence-electron chi connectivity index (χ4n) is 1.85. The molecule has 0 aliphatic heterocycles. The normalized spacial score (nSPS) is 10.1. The molecule has 1 amide bonds. The molecule has 0 atom stereocenters. The van der Waals surface area contributed by atoms with Gasteiger partial charge in [-0.15, -0.1) is 0 Å². The van der Waals surface area contributed by atoms with E-state index < -0.39 is 0 Å². The van der Waals surface area contributed by atoms with E-state index >= 15 is 0 Å². The van der Waals surface area contributed by atoms with Crippen molar-refractivity contribution in [2.45, 2.75) is 6.54 Å². The molecule has 0 aliphatic rings. The minimum absolute atomic E-state index is 0.224. The second kappa shape index (κ2) is 6.06. The fraction of sp³-hybridized carbons (Fsp3) is 0.200. The third-order valence-electron chi connectivity index (χ3n) is 2.92. The van der Waals surface area contributed by atoms with Crippen molar-refractivity contribution in [1.82, 2.24) is 9.88 Å². The van der Waals surface area contributed by atoms with Crippen LogP contribution < -0.4 is 10.3 Å². The van der Waals surface area contributed by atoms with E-state index in [1.165, 1.54) is 6.07 Å². The molecule has 0 aliphatic carbocycles. The van der Waals surface area contributed by atoms with Gasteiger partial charge >= 0.3 is 0 Å². The number of aromatic amines is 1. The van der Waals surface area contributed by atoms with Gasteiger partial charge in [0, 0.05) is 19.7 Å². The number of H-pyrrole nitrogens is 1. The molecule has 0 fully saturated rings. The maximum atomic E-state index is 12.2. The highest BCUT2D eigenvalue weighted by atomic mass is 16.5. The Labute approximate surface area is 116 Å². The van der Waals surface area contributed by atoms with Crippen molar-refractivity contribution in [2.24, 2.45) is 0 Å². The lowest BCUT2D eigenvalue weighted by Gasteiger charge is -2.17. The van der Waals surface area contributed by atoms with Crippen molar-refractivity contribution in [2.75, 3.05) is 14.2 Å². The molecule has 1 N–H and O–H groups in total. The number of rotatable bonds is 4. The van der Waals surface area contributed by atoms with E-state index in [1.54, 1.807) is 31.2 Å². The number of amides is 1. The number of nitrogens with one attached hydrogen (secondary N) is 1. The Hall–Kier alpha value is -2.56. The second-order valence-corrected chi connectivity index (χ2v) is 4.44. The van der Waals surface area contributed by atoms with Crippen LogP contribution in [-0.2, 0) is 6.54 Å². The summed E-state index contributed by atoms with van der Waals surface area (Å²) in [5.41, 5.74) is 0.988. The Morgan fingerprint density at radius 1 is 1.20 bits per heavy atom. The highest BCUT2D eigenvalue weighted by Crippen LogP contribution is 2.13. The van der Waals surface area contributed by atoms with E-state index in [9.17, 15) is 9.59 Å². The number of ether oxygens (including phenoxy) is 1. The summed E-state index contributed by atoms with van der Waals surface area (Å²) in [5.74, 6) is 0.550. The summed E-state index contributed by atoms with van der Waals surface area (Å²) in [5, 5.41) is 0. The van der Waals surface area contributed by atoms with Gasteiger partial charge in [-0.2, -0.15) is 0 Å². The lowest BCUT2D eigenvalue weighted by molar-refractivity contribution is 0.0779. The van der Waals surface area contributed by atoms with Crippen molar-refractivity contribution in [1.29, 1.82) is 0 Å². The molecule has 0 unspecified atom stereocenters. The summed E-state index contributed by atoms with van der Waals surface area (Å²) >= 11 is 0. The second-order valence-electron chi connectivity index (χ2n) is 4.44. The predicted octanol–water partition coefficient (Wildman–Crippen LogP) is 1.66. The predicted molar refractivity (Wildman–Crippen MR) is 75.9 cm³/mol. The maximum Gasteiger partial charge on any atom is 0.270 e. The van der Waals surface area contributed by atoms with Crippen LogP contribution in [-0.4, -0.2) is 29.9 Å². The zero-order valence-electron chi connectivity index (χ0n) is 11.4. The van der Waals surface area contributed by atoms with Crippen LogP contribution in [0, 0.1) is 0 Å². The van der Waals surface area contributed by atoms with E-state index in [0.29, 0.717) is 6.54 Å². The highest BCUT2D eigenvalue weighted by Gasteiger charge is 2.12. The average molecular weight is 272 g/mol. The molecule has 104 valence electrons. The number of hydrogen-bond donors (Lipinski definition) is 1. The van der Waals surface area contributed by atoms with Crippen molar-refractivity contribution in [3.05, 3.63) is 64.1 Å². The zero-order chi connectivity index (χ0) is 14.5. The van der Waals surface area contributed by atoms with Gasteiger partial charge in [0.2, 0.25) is 5.56 Å². The van der Waals surface area contributed by atoms with Crippen LogP contribution in [0.25, 0.3) is 0 Å². The summed E-state index contributed by atoms with van der Waals surface area (Å²) in [6.45, 7) is 0.458. The molecular weight excluding hydrogens is 256 g/mol. The minimum Gasteiger partial charge on any atom is -0.497 e. The summed E-state index contributed by atoms with van der Waals surface area (Å²) in [4.78, 5) is 27.4. The van der Waals surface area contributed by atoms with Gasteiger partial charge in [0.05, 0.1) is 7.11 Å². The highest BCUT2D eigenvalue weighted by molar-refractivity contribution is 5.91. The standard InChI is InChI=1S/C15H16N2O3/c1-17(10-11-6-8-12(20-2)9-7-11)15(19)13-4-3-5-14(18)16-13/h3-9H,10H2,1-2H3,(H,16,18). The monoisotopic (exact) mass is 272 g/mol. The molecule has 20 heavy (non-hydrogen) atoms. The Kier molecular flexibility index (Phi) is 4.20. The first-order valence-corrected chi connectivity index (χ1v) is 6.18. The molecule has 0 saturated carbocycles. The van der Waals surface area contributed by atoms with Gasteiger partial charge in [0.15, 0.2) is 0 Å². The Balaban J connectivity index is 2.09. The van der Waals surface area contributed by atoms with E-state index in [1.807, 2.05) is 24.3 Å². The number of methoxy groups -OCH3 is 1. The fourth-order valence-corrected chi connectivity index (χ4v) is 1.85.